The van der Waals surface area contributed by atoms with Crippen LogP contribution in [0.2, 0.25) is 0 Å². The van der Waals surface area contributed by atoms with Crippen LogP contribution in [0.3, 0.4) is 0 Å². The Hall–Kier alpha value is -2.61. The zero-order chi connectivity index (χ0) is 22.5. The molecule has 1 aromatic heterocycles. The summed E-state index contributed by atoms with van der Waals surface area (Å²) in [6.45, 7) is 0.897. The van der Waals surface area contributed by atoms with Crippen molar-refractivity contribution in [2.45, 2.75) is 63.5 Å². The molecule has 1 atom stereocenters. The second-order valence-corrected chi connectivity index (χ2v) is 10.1. The number of imidazole rings is 1. The maximum atomic E-state index is 13.1. The number of nitrogens with one attached hydrogen (secondary N) is 3. The van der Waals surface area contributed by atoms with E-state index >= 15 is 0 Å². The van der Waals surface area contributed by atoms with Gasteiger partial charge in [-0.15, -0.1) is 0 Å². The van der Waals surface area contributed by atoms with Gasteiger partial charge in [0.15, 0.2) is 0 Å². The van der Waals surface area contributed by atoms with Crippen LogP contribution in [-0.4, -0.2) is 40.6 Å². The average molecular weight is 440 g/mol. The summed E-state index contributed by atoms with van der Waals surface area (Å²) in [6, 6.07) is 5.84. The van der Waals surface area contributed by atoms with Crippen molar-refractivity contribution in [3.05, 3.63) is 28.7 Å². The molecule has 1 aliphatic heterocycles. The molecule has 0 radical (unpaired) electrons. The SMILES string of the molecule is CNC1CCC2(CC1)CC(CNc1cccc3c1n(C)c(=O)n3C1CCC(=O)NC1=O)C2. The Morgan fingerprint density at radius 3 is 2.56 bits per heavy atom. The quantitative estimate of drug-likeness (QED) is 0.621. The summed E-state index contributed by atoms with van der Waals surface area (Å²) >= 11 is 0. The van der Waals surface area contributed by atoms with E-state index in [1.54, 1.807) is 16.2 Å². The van der Waals surface area contributed by atoms with Crippen LogP contribution in [0.1, 0.15) is 57.4 Å². The van der Waals surface area contributed by atoms with Gasteiger partial charge in [0.1, 0.15) is 6.04 Å². The number of fused-ring (bicyclic) bond motifs is 1. The van der Waals surface area contributed by atoms with E-state index in [2.05, 4.69) is 23.0 Å². The maximum Gasteiger partial charge on any atom is 0.329 e. The zero-order valence-corrected chi connectivity index (χ0v) is 18.9. The number of amides is 2. The van der Waals surface area contributed by atoms with E-state index in [1.165, 1.54) is 38.5 Å². The molecular weight excluding hydrogens is 406 g/mol. The predicted molar refractivity (Wildman–Crippen MR) is 124 cm³/mol. The molecule has 2 saturated carbocycles. The number of hydrogen-bond acceptors (Lipinski definition) is 5. The van der Waals surface area contributed by atoms with Gasteiger partial charge in [-0.25, -0.2) is 4.79 Å². The largest absolute Gasteiger partial charge is 0.383 e. The number of anilines is 1. The number of para-hydroxylation sites is 1. The van der Waals surface area contributed by atoms with Crippen molar-refractivity contribution in [3.8, 4) is 0 Å². The molecule has 1 unspecified atom stereocenters. The molecule has 8 nitrogen and oxygen atoms in total. The van der Waals surface area contributed by atoms with Gasteiger partial charge in [-0.05, 0) is 75.5 Å². The number of carbonyl (C=O) groups excluding carboxylic acids is 2. The molecule has 8 heteroatoms. The molecule has 2 heterocycles. The Morgan fingerprint density at radius 1 is 1.12 bits per heavy atom. The van der Waals surface area contributed by atoms with Crippen molar-refractivity contribution in [2.24, 2.45) is 18.4 Å². The highest BCUT2D eigenvalue weighted by Gasteiger charge is 2.45. The lowest BCUT2D eigenvalue weighted by atomic mass is 9.55. The van der Waals surface area contributed by atoms with Crippen LogP contribution in [-0.2, 0) is 16.6 Å². The van der Waals surface area contributed by atoms with E-state index in [0.717, 1.165) is 23.3 Å². The number of hydrogen-bond donors (Lipinski definition) is 3. The molecule has 32 heavy (non-hydrogen) atoms. The summed E-state index contributed by atoms with van der Waals surface area (Å²) < 4.78 is 3.16. The van der Waals surface area contributed by atoms with Crippen molar-refractivity contribution in [1.29, 1.82) is 0 Å². The Bertz CT molecular complexity index is 1100. The van der Waals surface area contributed by atoms with Crippen molar-refractivity contribution in [2.75, 3.05) is 18.9 Å². The summed E-state index contributed by atoms with van der Waals surface area (Å²) in [7, 11) is 3.81. The zero-order valence-electron chi connectivity index (χ0n) is 18.9. The predicted octanol–water partition coefficient (Wildman–Crippen LogP) is 2.29. The number of carbonyl (C=O) groups is 2. The first-order chi connectivity index (χ1) is 15.4. The minimum Gasteiger partial charge on any atom is -0.383 e. The number of benzene rings is 1. The van der Waals surface area contributed by atoms with Gasteiger partial charge in [-0.3, -0.25) is 24.0 Å². The fourth-order valence-corrected chi connectivity index (χ4v) is 6.30. The van der Waals surface area contributed by atoms with E-state index in [9.17, 15) is 14.4 Å². The van der Waals surface area contributed by atoms with Gasteiger partial charge < -0.3 is 10.6 Å². The molecular formula is C24H33N5O3. The van der Waals surface area contributed by atoms with Gasteiger partial charge in [0.05, 0.1) is 16.7 Å². The highest BCUT2D eigenvalue weighted by atomic mass is 16.2. The van der Waals surface area contributed by atoms with Gasteiger partial charge in [-0.2, -0.15) is 0 Å². The van der Waals surface area contributed by atoms with E-state index in [4.69, 9.17) is 0 Å². The summed E-state index contributed by atoms with van der Waals surface area (Å²) in [5.41, 5.74) is 2.78. The second kappa shape index (κ2) is 8.06. The Balaban J connectivity index is 1.31. The van der Waals surface area contributed by atoms with Gasteiger partial charge in [-0.1, -0.05) is 6.07 Å². The molecule has 2 aromatic rings. The minimum atomic E-state index is -0.654. The second-order valence-electron chi connectivity index (χ2n) is 10.1. The molecule has 2 amide bonds. The highest BCUT2D eigenvalue weighted by Crippen LogP contribution is 2.54. The monoisotopic (exact) mass is 439 g/mol. The normalized spacial score (nSPS) is 30.4. The van der Waals surface area contributed by atoms with Crippen molar-refractivity contribution < 1.29 is 9.59 Å². The molecule has 3 aliphatic rings. The van der Waals surface area contributed by atoms with Crippen LogP contribution in [0.5, 0.6) is 0 Å². The van der Waals surface area contributed by atoms with E-state index in [-0.39, 0.29) is 18.0 Å². The van der Waals surface area contributed by atoms with Crippen LogP contribution in [0.4, 0.5) is 5.69 Å². The Morgan fingerprint density at radius 2 is 1.88 bits per heavy atom. The van der Waals surface area contributed by atoms with Crippen molar-refractivity contribution in [3.63, 3.8) is 0 Å². The number of piperidine rings is 1. The number of nitrogens with zero attached hydrogens (tertiary/aromatic N) is 2. The lowest BCUT2D eigenvalue weighted by Crippen LogP contribution is -2.45. The van der Waals surface area contributed by atoms with Gasteiger partial charge in [0.2, 0.25) is 11.8 Å². The third-order valence-corrected chi connectivity index (χ3v) is 8.10. The molecule has 172 valence electrons. The molecule has 1 aromatic carbocycles. The fraction of sp³-hybridized carbons (Fsp3) is 0.625. The summed E-state index contributed by atoms with van der Waals surface area (Å²) in [5, 5.41) is 9.38. The topological polar surface area (TPSA) is 97.2 Å². The van der Waals surface area contributed by atoms with Crippen LogP contribution >= 0.6 is 0 Å². The third-order valence-electron chi connectivity index (χ3n) is 8.10. The van der Waals surface area contributed by atoms with Crippen LogP contribution < -0.4 is 21.6 Å². The summed E-state index contributed by atoms with van der Waals surface area (Å²) in [4.78, 5) is 37.0. The number of aromatic nitrogens is 2. The van der Waals surface area contributed by atoms with Gasteiger partial charge in [0.25, 0.3) is 0 Å². The molecule has 3 fully saturated rings. The fourth-order valence-electron chi connectivity index (χ4n) is 6.30. The van der Waals surface area contributed by atoms with Crippen LogP contribution in [0, 0.1) is 11.3 Å². The highest BCUT2D eigenvalue weighted by molar-refractivity contribution is 6.00. The van der Waals surface area contributed by atoms with Crippen molar-refractivity contribution >= 4 is 28.5 Å². The third kappa shape index (κ3) is 3.54. The Labute approximate surface area is 187 Å². The standard InChI is InChI=1S/C24H33N5O3/c1-25-16-8-10-24(11-9-16)12-15(13-24)14-26-17-4-3-5-18-21(17)28(2)23(32)29(18)19-6-7-20(30)27-22(19)31/h3-5,15-16,19,25-26H,6-14H2,1-2H3,(H,27,30,31). The molecule has 3 N–H and O–H groups in total. The molecule has 0 bridgehead atoms. The summed E-state index contributed by atoms with van der Waals surface area (Å²) in [6.07, 6.45) is 8.38. The van der Waals surface area contributed by atoms with Gasteiger partial charge >= 0.3 is 5.69 Å². The number of aryl methyl sites for hydroxylation is 1. The number of rotatable bonds is 5. The van der Waals surface area contributed by atoms with E-state index in [0.29, 0.717) is 23.8 Å². The smallest absolute Gasteiger partial charge is 0.329 e. The Kier molecular flexibility index (Phi) is 5.35. The first-order valence-electron chi connectivity index (χ1n) is 11.9. The lowest BCUT2D eigenvalue weighted by Gasteiger charge is -2.52. The molecule has 2 aliphatic carbocycles. The van der Waals surface area contributed by atoms with E-state index < -0.39 is 11.9 Å². The molecule has 1 saturated heterocycles. The van der Waals surface area contributed by atoms with Crippen molar-refractivity contribution in [1.82, 2.24) is 19.8 Å². The maximum absolute atomic E-state index is 13.1. The van der Waals surface area contributed by atoms with E-state index in [1.807, 2.05) is 18.2 Å². The van der Waals surface area contributed by atoms with Crippen LogP contribution in [0.25, 0.3) is 11.0 Å². The first kappa shape index (κ1) is 21.2. The summed E-state index contributed by atoms with van der Waals surface area (Å²) in [5.74, 6) is -0.0211. The van der Waals surface area contributed by atoms with Gasteiger partial charge in [0, 0.05) is 26.1 Å². The molecule has 1 spiro atoms. The number of imide groups is 1. The molecule has 5 rings (SSSR count). The average Bonchev–Trinajstić information content (AvgIpc) is 3.02. The lowest BCUT2D eigenvalue weighted by molar-refractivity contribution is -0.135. The van der Waals surface area contributed by atoms with Crippen LogP contribution in [0.15, 0.2) is 23.0 Å². The first-order valence-corrected chi connectivity index (χ1v) is 11.9. The minimum absolute atomic E-state index is 0.229.